The highest BCUT2D eigenvalue weighted by Gasteiger charge is 2.16. The van der Waals surface area contributed by atoms with E-state index in [1.807, 2.05) is 0 Å². The van der Waals surface area contributed by atoms with Gasteiger partial charge in [-0.25, -0.2) is 0 Å². The normalized spacial score (nSPS) is 11.9. The molecule has 2 heteroatoms. The van der Waals surface area contributed by atoms with Crippen LogP contribution in [0.15, 0.2) is 18.2 Å². The third-order valence-corrected chi connectivity index (χ3v) is 2.94. The highest BCUT2D eigenvalue weighted by Crippen LogP contribution is 2.29. The maximum atomic E-state index is 5.87. The minimum Gasteiger partial charge on any atom is -0.491 e. The molecule has 0 spiro atoms. The van der Waals surface area contributed by atoms with Crippen LogP contribution in [-0.2, 0) is 11.8 Å². The van der Waals surface area contributed by atoms with E-state index in [2.05, 4.69) is 52.8 Å². The van der Waals surface area contributed by atoms with Gasteiger partial charge in [0.05, 0.1) is 6.10 Å². The molecule has 102 valence electrons. The van der Waals surface area contributed by atoms with Gasteiger partial charge in [-0.1, -0.05) is 32.9 Å². The van der Waals surface area contributed by atoms with Crippen LogP contribution in [0.5, 0.6) is 5.75 Å². The molecule has 0 saturated heterocycles. The van der Waals surface area contributed by atoms with Gasteiger partial charge in [-0.2, -0.15) is 0 Å². The zero-order valence-corrected chi connectivity index (χ0v) is 12.4. The highest BCUT2D eigenvalue weighted by molar-refractivity contribution is 5.40. The second-order valence-corrected chi connectivity index (χ2v) is 6.13. The van der Waals surface area contributed by atoms with Gasteiger partial charge in [0, 0.05) is 0 Å². The van der Waals surface area contributed by atoms with Crippen molar-refractivity contribution in [3.8, 4) is 5.75 Å². The molecule has 0 atom stereocenters. The fourth-order valence-corrected chi connectivity index (χ4v) is 1.90. The fourth-order valence-electron chi connectivity index (χ4n) is 1.90. The first-order valence-electron chi connectivity index (χ1n) is 6.84. The molecule has 0 bridgehead atoms. The summed E-state index contributed by atoms with van der Waals surface area (Å²) < 4.78 is 5.87. The van der Waals surface area contributed by atoms with E-state index < -0.39 is 0 Å². The predicted molar refractivity (Wildman–Crippen MR) is 78.3 cm³/mol. The van der Waals surface area contributed by atoms with Gasteiger partial charge in [0.25, 0.3) is 0 Å². The predicted octanol–water partition coefficient (Wildman–Crippen LogP) is 3.66. The molecule has 1 aromatic carbocycles. The van der Waals surface area contributed by atoms with Crippen molar-refractivity contribution < 1.29 is 4.74 Å². The standard InChI is InChI=1S/C16H27NO/c1-12(2)18-15-9-8-14(16(3,4)5)11-13(15)7-6-10-17/h8-9,11-12H,6-7,10,17H2,1-5H3. The summed E-state index contributed by atoms with van der Waals surface area (Å²) in [5, 5.41) is 0. The van der Waals surface area contributed by atoms with Crippen LogP contribution in [0.4, 0.5) is 0 Å². The van der Waals surface area contributed by atoms with Crippen molar-refractivity contribution in [2.45, 2.75) is 59.0 Å². The van der Waals surface area contributed by atoms with Gasteiger partial charge in [-0.15, -0.1) is 0 Å². The van der Waals surface area contributed by atoms with Crippen molar-refractivity contribution in [2.75, 3.05) is 6.54 Å². The zero-order chi connectivity index (χ0) is 13.8. The van der Waals surface area contributed by atoms with Gasteiger partial charge in [0.2, 0.25) is 0 Å². The third kappa shape index (κ3) is 4.34. The molecule has 0 heterocycles. The molecule has 1 rings (SSSR count). The molecule has 0 aliphatic heterocycles. The van der Waals surface area contributed by atoms with Gasteiger partial charge in [0.15, 0.2) is 0 Å². The summed E-state index contributed by atoms with van der Waals surface area (Å²) in [5.74, 6) is 1.01. The van der Waals surface area contributed by atoms with Gasteiger partial charge in [0.1, 0.15) is 5.75 Å². The van der Waals surface area contributed by atoms with Crippen LogP contribution in [0.25, 0.3) is 0 Å². The van der Waals surface area contributed by atoms with Crippen LogP contribution in [-0.4, -0.2) is 12.6 Å². The molecule has 0 unspecified atom stereocenters. The van der Waals surface area contributed by atoms with Crippen molar-refractivity contribution in [3.05, 3.63) is 29.3 Å². The second kappa shape index (κ2) is 6.24. The number of benzene rings is 1. The van der Waals surface area contributed by atoms with E-state index in [0.717, 1.165) is 25.1 Å². The molecule has 0 amide bonds. The Bertz CT molecular complexity index is 377. The third-order valence-electron chi connectivity index (χ3n) is 2.94. The highest BCUT2D eigenvalue weighted by atomic mass is 16.5. The lowest BCUT2D eigenvalue weighted by molar-refractivity contribution is 0.239. The summed E-state index contributed by atoms with van der Waals surface area (Å²) in [5.41, 5.74) is 8.42. The van der Waals surface area contributed by atoms with Crippen LogP contribution >= 0.6 is 0 Å². The average molecular weight is 249 g/mol. The van der Waals surface area contributed by atoms with Gasteiger partial charge >= 0.3 is 0 Å². The van der Waals surface area contributed by atoms with Crippen molar-refractivity contribution in [2.24, 2.45) is 5.73 Å². The summed E-state index contributed by atoms with van der Waals surface area (Å²) in [6, 6.07) is 6.55. The van der Waals surface area contributed by atoms with Gasteiger partial charge in [-0.3, -0.25) is 0 Å². The molecule has 0 fully saturated rings. The number of hydrogen-bond donors (Lipinski definition) is 1. The minimum absolute atomic E-state index is 0.174. The van der Waals surface area contributed by atoms with Gasteiger partial charge in [-0.05, 0) is 55.8 Å². The fraction of sp³-hybridized carbons (Fsp3) is 0.625. The number of nitrogens with two attached hydrogens (primary N) is 1. The average Bonchev–Trinajstić information content (AvgIpc) is 2.25. The second-order valence-electron chi connectivity index (χ2n) is 6.13. The first-order chi connectivity index (χ1) is 8.34. The molecule has 0 radical (unpaired) electrons. The molecule has 0 aromatic heterocycles. The van der Waals surface area contributed by atoms with Crippen molar-refractivity contribution in [1.82, 2.24) is 0 Å². The van der Waals surface area contributed by atoms with Crippen LogP contribution in [0.3, 0.4) is 0 Å². The monoisotopic (exact) mass is 249 g/mol. The van der Waals surface area contributed by atoms with E-state index in [1.165, 1.54) is 11.1 Å². The number of aryl methyl sites for hydroxylation is 1. The zero-order valence-electron chi connectivity index (χ0n) is 12.4. The van der Waals surface area contributed by atoms with Crippen LogP contribution in [0.2, 0.25) is 0 Å². The molecule has 2 nitrogen and oxygen atoms in total. The maximum Gasteiger partial charge on any atom is 0.122 e. The Morgan fingerprint density at radius 1 is 1.22 bits per heavy atom. The Balaban J connectivity index is 3.04. The Kier molecular flexibility index (Phi) is 5.21. The van der Waals surface area contributed by atoms with Crippen LogP contribution in [0, 0.1) is 0 Å². The van der Waals surface area contributed by atoms with E-state index in [0.29, 0.717) is 0 Å². The first-order valence-corrected chi connectivity index (χ1v) is 6.84. The van der Waals surface area contributed by atoms with Crippen molar-refractivity contribution >= 4 is 0 Å². The van der Waals surface area contributed by atoms with Crippen molar-refractivity contribution in [3.63, 3.8) is 0 Å². The minimum atomic E-state index is 0.174. The van der Waals surface area contributed by atoms with Crippen LogP contribution in [0.1, 0.15) is 52.2 Å². The van der Waals surface area contributed by atoms with Crippen molar-refractivity contribution in [1.29, 1.82) is 0 Å². The van der Waals surface area contributed by atoms with Gasteiger partial charge < -0.3 is 10.5 Å². The quantitative estimate of drug-likeness (QED) is 0.864. The summed E-state index contributed by atoms with van der Waals surface area (Å²) in [4.78, 5) is 0. The Hall–Kier alpha value is -1.02. The topological polar surface area (TPSA) is 35.2 Å². The molecule has 0 aliphatic rings. The molecule has 2 N–H and O–H groups in total. The Morgan fingerprint density at radius 2 is 1.89 bits per heavy atom. The van der Waals surface area contributed by atoms with E-state index in [-0.39, 0.29) is 11.5 Å². The summed E-state index contributed by atoms with van der Waals surface area (Å²) >= 11 is 0. The number of rotatable bonds is 5. The van der Waals surface area contributed by atoms with E-state index in [1.54, 1.807) is 0 Å². The van der Waals surface area contributed by atoms with E-state index in [9.17, 15) is 0 Å². The lowest BCUT2D eigenvalue weighted by Gasteiger charge is -2.22. The summed E-state index contributed by atoms with van der Waals surface area (Å²) in [7, 11) is 0. The summed E-state index contributed by atoms with van der Waals surface area (Å²) in [6.07, 6.45) is 2.20. The summed E-state index contributed by atoms with van der Waals surface area (Å²) in [6.45, 7) is 11.5. The smallest absolute Gasteiger partial charge is 0.122 e. The Morgan fingerprint density at radius 3 is 2.39 bits per heavy atom. The maximum absolute atomic E-state index is 5.87. The van der Waals surface area contributed by atoms with Crippen LogP contribution < -0.4 is 10.5 Å². The first kappa shape index (κ1) is 15.0. The lowest BCUT2D eigenvalue weighted by atomic mass is 9.85. The van der Waals surface area contributed by atoms with E-state index >= 15 is 0 Å². The lowest BCUT2D eigenvalue weighted by Crippen LogP contribution is -2.13. The molecular formula is C16H27NO. The largest absolute Gasteiger partial charge is 0.491 e. The molecule has 0 saturated carbocycles. The Labute approximate surface area is 112 Å². The SMILES string of the molecule is CC(C)Oc1ccc(C(C)(C)C)cc1CCCN. The van der Waals surface area contributed by atoms with E-state index in [4.69, 9.17) is 10.5 Å². The molecule has 0 aliphatic carbocycles. The number of ether oxygens (including phenoxy) is 1. The molecule has 1 aromatic rings. The number of hydrogen-bond acceptors (Lipinski definition) is 2. The molecule has 18 heavy (non-hydrogen) atoms. The molecular weight excluding hydrogens is 222 g/mol.